The first-order chi connectivity index (χ1) is 12.5. The molecule has 0 spiro atoms. The predicted octanol–water partition coefficient (Wildman–Crippen LogP) is 3.42. The zero-order valence-corrected chi connectivity index (χ0v) is 15.0. The van der Waals surface area contributed by atoms with E-state index in [0.29, 0.717) is 34.8 Å². The van der Waals surface area contributed by atoms with Crippen molar-refractivity contribution < 1.29 is 9.32 Å². The summed E-state index contributed by atoms with van der Waals surface area (Å²) in [5.41, 5.74) is 0.517. The molecule has 2 heterocycles. The second kappa shape index (κ2) is 7.96. The van der Waals surface area contributed by atoms with E-state index < -0.39 is 12.1 Å². The van der Waals surface area contributed by atoms with E-state index in [2.05, 4.69) is 36.0 Å². The number of nitrogens with zero attached hydrogens (tertiary/aromatic N) is 4. The molecule has 1 unspecified atom stereocenters. The van der Waals surface area contributed by atoms with Gasteiger partial charge in [0.1, 0.15) is 12.4 Å². The van der Waals surface area contributed by atoms with E-state index in [1.807, 2.05) is 13.8 Å². The molecule has 3 rings (SSSR count). The Kier molecular flexibility index (Phi) is 5.47. The summed E-state index contributed by atoms with van der Waals surface area (Å²) >= 11 is 6.07. The Labute approximate surface area is 154 Å². The lowest BCUT2D eigenvalue weighted by molar-refractivity contribution is 0.240. The third kappa shape index (κ3) is 4.37. The number of para-hydroxylation sites is 1. The van der Waals surface area contributed by atoms with Crippen LogP contribution in [0, 0.1) is 5.92 Å². The highest BCUT2D eigenvalue weighted by molar-refractivity contribution is 6.33. The highest BCUT2D eigenvalue weighted by Gasteiger charge is 2.23. The molecule has 10 heteroatoms. The van der Waals surface area contributed by atoms with Crippen molar-refractivity contribution in [1.29, 1.82) is 0 Å². The average Bonchev–Trinajstić information content (AvgIpc) is 3.27. The van der Waals surface area contributed by atoms with Gasteiger partial charge in [0.05, 0.1) is 10.7 Å². The van der Waals surface area contributed by atoms with E-state index in [4.69, 9.17) is 16.1 Å². The maximum atomic E-state index is 12.4. The van der Waals surface area contributed by atoms with Gasteiger partial charge in [0.15, 0.2) is 5.82 Å². The van der Waals surface area contributed by atoms with E-state index in [0.717, 1.165) is 0 Å². The van der Waals surface area contributed by atoms with Gasteiger partial charge in [-0.3, -0.25) is 5.10 Å². The lowest BCUT2D eigenvalue weighted by Crippen LogP contribution is -2.33. The van der Waals surface area contributed by atoms with E-state index in [1.165, 1.54) is 6.33 Å². The number of hydrogen-bond donors (Lipinski definition) is 3. The lowest BCUT2D eigenvalue weighted by Gasteiger charge is -2.17. The van der Waals surface area contributed by atoms with Gasteiger partial charge in [-0.2, -0.15) is 10.1 Å². The number of amides is 2. The van der Waals surface area contributed by atoms with E-state index >= 15 is 0 Å². The number of anilines is 1. The standard InChI is InChI=1S/C16H18ClN7O2/c1-9(2)7-12(15-22-14(24-26-15)13-18-8-19-23-13)21-16(25)20-11-6-4-3-5-10(11)17/h3-6,8-9,12H,7H2,1-2H3,(H,18,19,23)(H2,20,21,25). The largest absolute Gasteiger partial charge is 0.337 e. The van der Waals surface area contributed by atoms with E-state index in [1.54, 1.807) is 24.3 Å². The molecule has 136 valence electrons. The Balaban J connectivity index is 1.74. The minimum atomic E-state index is -0.457. The van der Waals surface area contributed by atoms with Crippen molar-refractivity contribution in [1.82, 2.24) is 30.6 Å². The zero-order valence-electron chi connectivity index (χ0n) is 14.2. The maximum Gasteiger partial charge on any atom is 0.319 e. The SMILES string of the molecule is CC(C)CC(NC(=O)Nc1ccccc1Cl)c1nc(-c2ncn[nH]2)no1. The van der Waals surface area contributed by atoms with Crippen LogP contribution < -0.4 is 10.6 Å². The second-order valence-corrected chi connectivity index (χ2v) is 6.46. The maximum absolute atomic E-state index is 12.4. The monoisotopic (exact) mass is 375 g/mol. The second-order valence-electron chi connectivity index (χ2n) is 6.05. The molecular weight excluding hydrogens is 358 g/mol. The van der Waals surface area contributed by atoms with E-state index in [9.17, 15) is 4.79 Å². The van der Waals surface area contributed by atoms with Crippen LogP contribution in [-0.2, 0) is 0 Å². The van der Waals surface area contributed by atoms with Crippen LogP contribution in [0.3, 0.4) is 0 Å². The summed E-state index contributed by atoms with van der Waals surface area (Å²) in [6.07, 6.45) is 1.97. The summed E-state index contributed by atoms with van der Waals surface area (Å²) in [4.78, 5) is 20.7. The number of hydrogen-bond acceptors (Lipinski definition) is 6. The summed E-state index contributed by atoms with van der Waals surface area (Å²) in [7, 11) is 0. The summed E-state index contributed by atoms with van der Waals surface area (Å²) < 4.78 is 5.31. The molecule has 3 N–H and O–H groups in total. The number of rotatable bonds is 6. The normalized spacial score (nSPS) is 12.2. The first-order valence-corrected chi connectivity index (χ1v) is 8.42. The Morgan fingerprint density at radius 3 is 2.85 bits per heavy atom. The molecule has 3 aromatic rings. The molecule has 26 heavy (non-hydrogen) atoms. The van der Waals surface area contributed by atoms with Gasteiger partial charge in [0, 0.05) is 0 Å². The van der Waals surface area contributed by atoms with Crippen molar-refractivity contribution in [2.75, 3.05) is 5.32 Å². The Bertz CT molecular complexity index is 863. The number of benzene rings is 1. The molecule has 1 aromatic carbocycles. The van der Waals surface area contributed by atoms with Gasteiger partial charge in [0.25, 0.3) is 0 Å². The number of H-pyrrole nitrogens is 1. The minimum Gasteiger partial charge on any atom is -0.337 e. The summed E-state index contributed by atoms with van der Waals surface area (Å²) in [6, 6.07) is 6.12. The number of urea groups is 1. The third-order valence-electron chi connectivity index (χ3n) is 3.50. The van der Waals surface area contributed by atoms with Crippen molar-refractivity contribution in [3.63, 3.8) is 0 Å². The smallest absolute Gasteiger partial charge is 0.319 e. The molecule has 0 aliphatic rings. The topological polar surface area (TPSA) is 122 Å². The van der Waals surface area contributed by atoms with Gasteiger partial charge in [0.2, 0.25) is 11.7 Å². The van der Waals surface area contributed by atoms with Crippen LogP contribution in [0.15, 0.2) is 35.1 Å². The summed E-state index contributed by atoms with van der Waals surface area (Å²) in [6.45, 7) is 4.07. The fraction of sp³-hybridized carbons (Fsp3) is 0.312. The van der Waals surface area contributed by atoms with Gasteiger partial charge in [-0.25, -0.2) is 9.78 Å². The van der Waals surface area contributed by atoms with Gasteiger partial charge >= 0.3 is 6.03 Å². The number of carbonyl (C=O) groups is 1. The fourth-order valence-electron chi connectivity index (χ4n) is 2.36. The molecule has 2 amide bonds. The van der Waals surface area contributed by atoms with Crippen LogP contribution in [0.5, 0.6) is 0 Å². The van der Waals surface area contributed by atoms with Gasteiger partial charge in [-0.05, 0) is 24.5 Å². The molecule has 0 aliphatic heterocycles. The van der Waals surface area contributed by atoms with Crippen molar-refractivity contribution >= 4 is 23.3 Å². The van der Waals surface area contributed by atoms with Crippen LogP contribution in [0.2, 0.25) is 5.02 Å². The highest BCUT2D eigenvalue weighted by Crippen LogP contribution is 2.23. The number of halogens is 1. The molecular formula is C16H18ClN7O2. The van der Waals surface area contributed by atoms with Crippen molar-refractivity contribution in [2.24, 2.45) is 5.92 Å². The molecule has 0 radical (unpaired) electrons. The first-order valence-electron chi connectivity index (χ1n) is 8.04. The Morgan fingerprint density at radius 1 is 1.35 bits per heavy atom. The Hall–Kier alpha value is -2.94. The van der Waals surface area contributed by atoms with Crippen LogP contribution >= 0.6 is 11.6 Å². The highest BCUT2D eigenvalue weighted by atomic mass is 35.5. The number of nitrogens with one attached hydrogen (secondary N) is 3. The van der Waals surface area contributed by atoms with Crippen LogP contribution in [0.25, 0.3) is 11.6 Å². The fourth-order valence-corrected chi connectivity index (χ4v) is 2.54. The van der Waals surface area contributed by atoms with Crippen molar-refractivity contribution in [3.8, 4) is 11.6 Å². The van der Waals surface area contributed by atoms with Crippen molar-refractivity contribution in [2.45, 2.75) is 26.3 Å². The molecule has 0 bridgehead atoms. The molecule has 0 saturated carbocycles. The average molecular weight is 376 g/mol. The van der Waals surface area contributed by atoms with Crippen molar-refractivity contribution in [3.05, 3.63) is 41.5 Å². The van der Waals surface area contributed by atoms with Gasteiger partial charge < -0.3 is 15.2 Å². The quantitative estimate of drug-likeness (QED) is 0.606. The molecule has 1 atom stereocenters. The minimum absolute atomic E-state index is 0.277. The number of aromatic amines is 1. The summed E-state index contributed by atoms with van der Waals surface area (Å²) in [5, 5.41) is 16.3. The summed E-state index contributed by atoms with van der Waals surface area (Å²) in [5.74, 6) is 1.25. The van der Waals surface area contributed by atoms with Gasteiger partial charge in [-0.1, -0.05) is 42.7 Å². The third-order valence-corrected chi connectivity index (χ3v) is 3.83. The zero-order chi connectivity index (χ0) is 18.5. The van der Waals surface area contributed by atoms with Gasteiger partial charge in [-0.15, -0.1) is 0 Å². The van der Waals surface area contributed by atoms with Crippen LogP contribution in [0.4, 0.5) is 10.5 Å². The molecule has 2 aromatic heterocycles. The van der Waals surface area contributed by atoms with Crippen LogP contribution in [-0.4, -0.2) is 31.4 Å². The molecule has 0 saturated heterocycles. The molecule has 0 aliphatic carbocycles. The Morgan fingerprint density at radius 2 is 2.15 bits per heavy atom. The van der Waals surface area contributed by atoms with E-state index in [-0.39, 0.29) is 5.82 Å². The lowest BCUT2D eigenvalue weighted by atomic mass is 10.0. The number of carbonyl (C=O) groups excluding carboxylic acids is 1. The first kappa shape index (κ1) is 17.9. The van der Waals surface area contributed by atoms with Crippen LogP contribution in [0.1, 0.15) is 32.2 Å². The number of aromatic nitrogens is 5. The predicted molar refractivity (Wildman–Crippen MR) is 95.5 cm³/mol. The molecule has 9 nitrogen and oxygen atoms in total. The molecule has 0 fully saturated rings.